The maximum Gasteiger partial charge on any atom is 0.182 e. The Kier molecular flexibility index (Phi) is 2.45. The number of nitrogens with zero attached hydrogens (tertiary/aromatic N) is 3. The van der Waals surface area contributed by atoms with Crippen LogP contribution < -0.4 is 5.32 Å². The van der Waals surface area contributed by atoms with Gasteiger partial charge >= 0.3 is 0 Å². The van der Waals surface area contributed by atoms with Crippen LogP contribution >= 0.6 is 0 Å². The molecule has 0 fully saturated rings. The van der Waals surface area contributed by atoms with Crippen LogP contribution in [0.15, 0.2) is 37.1 Å². The van der Waals surface area contributed by atoms with Gasteiger partial charge in [-0.3, -0.25) is 0 Å². The van der Waals surface area contributed by atoms with Gasteiger partial charge in [-0.25, -0.2) is 15.0 Å². The SMILES string of the molecule is C=C(C)C=CNc1ncnc2nc[nH]c12. The topological polar surface area (TPSA) is 66.5 Å². The van der Waals surface area contributed by atoms with Gasteiger partial charge in [-0.2, -0.15) is 0 Å². The van der Waals surface area contributed by atoms with Crippen LogP contribution in [0.5, 0.6) is 0 Å². The van der Waals surface area contributed by atoms with Gasteiger partial charge in [0.25, 0.3) is 0 Å². The lowest BCUT2D eigenvalue weighted by Gasteiger charge is -1.99. The quantitative estimate of drug-likeness (QED) is 0.744. The Morgan fingerprint density at radius 2 is 2.33 bits per heavy atom. The van der Waals surface area contributed by atoms with Crippen molar-refractivity contribution in [2.75, 3.05) is 5.32 Å². The number of imidazole rings is 1. The summed E-state index contributed by atoms with van der Waals surface area (Å²) in [6.07, 6.45) is 6.71. The van der Waals surface area contributed by atoms with Gasteiger partial charge in [0.1, 0.15) is 11.8 Å². The molecule has 2 aromatic rings. The number of H-pyrrole nitrogens is 1. The third-order valence-electron chi connectivity index (χ3n) is 1.81. The molecule has 2 heterocycles. The first-order chi connectivity index (χ1) is 7.27. The summed E-state index contributed by atoms with van der Waals surface area (Å²) < 4.78 is 0. The molecule has 2 aromatic heterocycles. The zero-order chi connectivity index (χ0) is 10.7. The van der Waals surface area contributed by atoms with Crippen molar-refractivity contribution in [1.29, 1.82) is 0 Å². The summed E-state index contributed by atoms with van der Waals surface area (Å²) >= 11 is 0. The van der Waals surface area contributed by atoms with Gasteiger partial charge in [0.05, 0.1) is 6.33 Å². The second-order valence-electron chi connectivity index (χ2n) is 3.15. The molecular weight excluding hydrogens is 190 g/mol. The second-order valence-corrected chi connectivity index (χ2v) is 3.15. The first kappa shape index (κ1) is 9.39. The maximum atomic E-state index is 4.10. The summed E-state index contributed by atoms with van der Waals surface area (Å²) in [6.45, 7) is 5.68. The number of allylic oxidation sites excluding steroid dienone is 2. The first-order valence-corrected chi connectivity index (χ1v) is 4.50. The van der Waals surface area contributed by atoms with Crippen LogP contribution in [0, 0.1) is 0 Å². The number of rotatable bonds is 3. The predicted molar refractivity (Wildman–Crippen MR) is 59.3 cm³/mol. The van der Waals surface area contributed by atoms with E-state index in [2.05, 4.69) is 31.8 Å². The molecule has 0 unspecified atom stereocenters. The number of aromatic amines is 1. The zero-order valence-corrected chi connectivity index (χ0v) is 8.36. The second kappa shape index (κ2) is 3.91. The minimum Gasteiger partial charge on any atom is -0.345 e. The van der Waals surface area contributed by atoms with Crippen LogP contribution in [0.4, 0.5) is 5.82 Å². The Morgan fingerprint density at radius 3 is 3.13 bits per heavy atom. The molecule has 0 saturated carbocycles. The average molecular weight is 201 g/mol. The molecule has 0 aromatic carbocycles. The highest BCUT2D eigenvalue weighted by molar-refractivity contribution is 5.82. The number of hydrogen-bond acceptors (Lipinski definition) is 4. The van der Waals surface area contributed by atoms with E-state index in [9.17, 15) is 0 Å². The van der Waals surface area contributed by atoms with Gasteiger partial charge in [0.2, 0.25) is 0 Å². The van der Waals surface area contributed by atoms with Crippen LogP contribution in [-0.2, 0) is 0 Å². The van der Waals surface area contributed by atoms with Crippen molar-refractivity contribution < 1.29 is 0 Å². The molecule has 5 heteroatoms. The number of hydrogen-bond donors (Lipinski definition) is 2. The molecule has 0 saturated heterocycles. The van der Waals surface area contributed by atoms with Crippen molar-refractivity contribution in [1.82, 2.24) is 19.9 Å². The van der Waals surface area contributed by atoms with Crippen molar-refractivity contribution in [2.24, 2.45) is 0 Å². The molecule has 5 nitrogen and oxygen atoms in total. The Labute approximate surface area is 87.0 Å². The Balaban J connectivity index is 2.27. The van der Waals surface area contributed by atoms with E-state index in [0.29, 0.717) is 11.5 Å². The first-order valence-electron chi connectivity index (χ1n) is 4.50. The van der Waals surface area contributed by atoms with E-state index in [4.69, 9.17) is 0 Å². The zero-order valence-electron chi connectivity index (χ0n) is 8.36. The summed E-state index contributed by atoms with van der Waals surface area (Å²) in [5.74, 6) is 0.704. The van der Waals surface area contributed by atoms with E-state index in [-0.39, 0.29) is 0 Å². The Hall–Kier alpha value is -2.17. The summed E-state index contributed by atoms with van der Waals surface area (Å²) in [5.41, 5.74) is 2.41. The Morgan fingerprint density at radius 1 is 1.47 bits per heavy atom. The largest absolute Gasteiger partial charge is 0.345 e. The molecule has 0 aliphatic heterocycles. The molecule has 0 bridgehead atoms. The van der Waals surface area contributed by atoms with E-state index in [1.54, 1.807) is 12.5 Å². The molecule has 2 rings (SSSR count). The minimum atomic E-state index is 0.649. The van der Waals surface area contributed by atoms with Crippen molar-refractivity contribution in [3.63, 3.8) is 0 Å². The van der Waals surface area contributed by atoms with Gasteiger partial charge in [0.15, 0.2) is 11.5 Å². The van der Waals surface area contributed by atoms with Gasteiger partial charge < -0.3 is 10.3 Å². The van der Waals surface area contributed by atoms with E-state index in [1.807, 2.05) is 13.0 Å². The smallest absolute Gasteiger partial charge is 0.182 e. The number of aromatic nitrogens is 4. The van der Waals surface area contributed by atoms with Crippen molar-refractivity contribution in [3.05, 3.63) is 37.1 Å². The van der Waals surface area contributed by atoms with Gasteiger partial charge in [-0.1, -0.05) is 12.2 Å². The van der Waals surface area contributed by atoms with Crippen molar-refractivity contribution >= 4 is 17.0 Å². The molecule has 0 radical (unpaired) electrons. The van der Waals surface area contributed by atoms with E-state index in [0.717, 1.165) is 11.1 Å². The third-order valence-corrected chi connectivity index (χ3v) is 1.81. The lowest BCUT2D eigenvalue weighted by Crippen LogP contribution is -1.93. The lowest BCUT2D eigenvalue weighted by molar-refractivity contribution is 1.20. The van der Waals surface area contributed by atoms with Crippen LogP contribution in [0.3, 0.4) is 0 Å². The highest BCUT2D eigenvalue weighted by Crippen LogP contribution is 2.13. The van der Waals surface area contributed by atoms with Gasteiger partial charge in [0, 0.05) is 6.20 Å². The monoisotopic (exact) mass is 201 g/mol. The molecule has 0 aliphatic carbocycles. The van der Waals surface area contributed by atoms with Gasteiger partial charge in [-0.05, 0) is 13.0 Å². The fraction of sp³-hybridized carbons (Fsp3) is 0.100. The molecule has 0 spiro atoms. The summed E-state index contributed by atoms with van der Waals surface area (Å²) in [6, 6.07) is 0. The standard InChI is InChI=1S/C10H11N5/c1-7(2)3-4-11-9-8-10(13-5-12-8)15-6-14-9/h3-6H,1H2,2H3,(H2,11,12,13,14,15). The van der Waals surface area contributed by atoms with Crippen LogP contribution in [0.2, 0.25) is 0 Å². The molecule has 0 atom stereocenters. The van der Waals surface area contributed by atoms with Crippen LogP contribution in [-0.4, -0.2) is 19.9 Å². The number of anilines is 1. The highest BCUT2D eigenvalue weighted by Gasteiger charge is 2.02. The van der Waals surface area contributed by atoms with E-state index >= 15 is 0 Å². The summed E-state index contributed by atoms with van der Waals surface area (Å²) in [4.78, 5) is 15.1. The fourth-order valence-corrected chi connectivity index (χ4v) is 1.14. The fourth-order valence-electron chi connectivity index (χ4n) is 1.14. The molecule has 0 aliphatic rings. The molecule has 0 amide bonds. The Bertz CT molecular complexity index is 511. The average Bonchev–Trinajstić information content (AvgIpc) is 2.65. The van der Waals surface area contributed by atoms with Crippen molar-refractivity contribution in [3.8, 4) is 0 Å². The minimum absolute atomic E-state index is 0.649. The summed E-state index contributed by atoms with van der Waals surface area (Å²) in [5, 5.41) is 3.04. The molecule has 76 valence electrons. The lowest BCUT2D eigenvalue weighted by atomic mass is 10.3. The molecular formula is C10H11N5. The third kappa shape index (κ3) is 2.01. The summed E-state index contributed by atoms with van der Waals surface area (Å²) in [7, 11) is 0. The predicted octanol–water partition coefficient (Wildman–Crippen LogP) is 1.85. The number of fused-ring (bicyclic) bond motifs is 1. The normalized spacial score (nSPS) is 11.0. The van der Waals surface area contributed by atoms with Gasteiger partial charge in [-0.15, -0.1) is 0 Å². The van der Waals surface area contributed by atoms with E-state index < -0.39 is 0 Å². The van der Waals surface area contributed by atoms with Crippen LogP contribution in [0.25, 0.3) is 11.2 Å². The van der Waals surface area contributed by atoms with Crippen molar-refractivity contribution in [2.45, 2.75) is 6.92 Å². The highest BCUT2D eigenvalue weighted by atomic mass is 15.1. The molecule has 2 N–H and O–H groups in total. The number of nitrogens with one attached hydrogen (secondary N) is 2. The van der Waals surface area contributed by atoms with Crippen LogP contribution in [0.1, 0.15) is 6.92 Å². The maximum absolute atomic E-state index is 4.10. The molecule has 15 heavy (non-hydrogen) atoms. The van der Waals surface area contributed by atoms with E-state index in [1.165, 1.54) is 6.33 Å².